The molecule has 3 aliphatic rings. The molecule has 0 aromatic heterocycles. The Hall–Kier alpha value is -4.15. The van der Waals surface area contributed by atoms with Crippen molar-refractivity contribution in [3.63, 3.8) is 0 Å². The molecule has 0 radical (unpaired) electrons. The first-order chi connectivity index (χ1) is 21.3. The van der Waals surface area contributed by atoms with Crippen molar-refractivity contribution in [1.29, 1.82) is 0 Å². The van der Waals surface area contributed by atoms with Crippen LogP contribution in [0.4, 0.5) is 4.79 Å². The van der Waals surface area contributed by atoms with Crippen molar-refractivity contribution in [3.05, 3.63) is 52.8 Å². The molecule has 244 valence electrons. The van der Waals surface area contributed by atoms with Crippen LogP contribution in [-0.2, 0) is 30.5 Å². The van der Waals surface area contributed by atoms with Crippen LogP contribution in [0.15, 0.2) is 47.2 Å². The number of carbonyl (C=O) groups is 5. The standard InChI is InChI=1S/C33H45N5O7/c1-20-16-22-23(20)19-38-27(22)29(41)36-24(28(40)30(42)35-18-26(39)34-17-21-12-8-7-9-13-21)14-10-5-6-11-15-25(31(38)43)37-32(44)45-33(2,3)4/h7-9,12-13,23-25,27-28,40H,5-6,10-11,14-15,17-19H2,1-4H3,(H,34,39)(H,35,42)(H,36,41)(H,37,44)/t23-,24+,25+,27+,28?/m1/s1. The lowest BCUT2D eigenvalue weighted by Crippen LogP contribution is -2.57. The average Bonchev–Trinajstić information content (AvgIpc) is 3.30. The third kappa shape index (κ3) is 8.95. The summed E-state index contributed by atoms with van der Waals surface area (Å²) in [4.78, 5) is 67.0. The van der Waals surface area contributed by atoms with E-state index in [0.29, 0.717) is 37.8 Å². The lowest BCUT2D eigenvalue weighted by atomic mass is 9.84. The van der Waals surface area contributed by atoms with Crippen LogP contribution in [0, 0.1) is 5.92 Å². The molecule has 0 spiro atoms. The first kappa shape index (κ1) is 33.7. The van der Waals surface area contributed by atoms with Crippen LogP contribution in [0.5, 0.6) is 0 Å². The van der Waals surface area contributed by atoms with E-state index in [1.165, 1.54) is 4.90 Å². The van der Waals surface area contributed by atoms with E-state index < -0.39 is 59.6 Å². The molecule has 45 heavy (non-hydrogen) atoms. The summed E-state index contributed by atoms with van der Waals surface area (Å²) in [5, 5.41) is 21.7. The molecule has 5 atom stereocenters. The van der Waals surface area contributed by atoms with Gasteiger partial charge in [-0.2, -0.15) is 0 Å². The third-order valence-electron chi connectivity index (χ3n) is 8.24. The number of nitrogens with zero attached hydrogens (tertiary/aromatic N) is 1. The lowest BCUT2D eigenvalue weighted by Gasteiger charge is -2.31. The minimum absolute atomic E-state index is 0.124. The summed E-state index contributed by atoms with van der Waals surface area (Å²) in [6, 6.07) is 6.51. The van der Waals surface area contributed by atoms with Crippen LogP contribution in [0.1, 0.15) is 71.8 Å². The van der Waals surface area contributed by atoms with Crippen LogP contribution < -0.4 is 21.3 Å². The van der Waals surface area contributed by atoms with Gasteiger partial charge in [-0.25, -0.2) is 4.79 Å². The zero-order valence-corrected chi connectivity index (χ0v) is 26.5. The molecule has 5 N–H and O–H groups in total. The SMILES string of the molecule is CC1=C=C2[C@@H]1CN1C(=O)[C@@H](NC(=O)OC(C)(C)C)CCCCCC[C@@H](C(O)C(=O)NCC(=O)NCc3ccccc3)NC(=O)[C@H]21. The summed E-state index contributed by atoms with van der Waals surface area (Å²) in [7, 11) is 0. The second-order valence-corrected chi connectivity index (χ2v) is 12.9. The number of ether oxygens (including phenoxy) is 1. The van der Waals surface area contributed by atoms with Gasteiger partial charge in [0.1, 0.15) is 17.7 Å². The molecular formula is C33H45N5O7. The van der Waals surface area contributed by atoms with E-state index in [0.717, 1.165) is 24.0 Å². The summed E-state index contributed by atoms with van der Waals surface area (Å²) < 4.78 is 5.40. The summed E-state index contributed by atoms with van der Waals surface area (Å²) in [6.07, 6.45) is 1.07. The largest absolute Gasteiger partial charge is 0.444 e. The van der Waals surface area contributed by atoms with Crippen molar-refractivity contribution in [3.8, 4) is 0 Å². The Labute approximate surface area is 264 Å². The number of amides is 5. The van der Waals surface area contributed by atoms with Crippen LogP contribution in [-0.4, -0.2) is 82.6 Å². The Balaban J connectivity index is 1.44. The van der Waals surface area contributed by atoms with Gasteiger partial charge in [0.15, 0.2) is 6.10 Å². The highest BCUT2D eigenvalue weighted by Crippen LogP contribution is 2.40. The van der Waals surface area contributed by atoms with Crippen molar-refractivity contribution < 1.29 is 33.8 Å². The zero-order chi connectivity index (χ0) is 32.7. The van der Waals surface area contributed by atoms with Crippen LogP contribution in [0.25, 0.3) is 0 Å². The van der Waals surface area contributed by atoms with Gasteiger partial charge in [0.05, 0.1) is 12.6 Å². The molecule has 0 saturated carbocycles. The van der Waals surface area contributed by atoms with Gasteiger partial charge in [-0.05, 0) is 51.7 Å². The number of carbonyl (C=O) groups excluding carboxylic acids is 5. The molecule has 1 aromatic carbocycles. The quantitative estimate of drug-likeness (QED) is 0.289. The number of fused-ring (bicyclic) bond motifs is 3. The molecule has 2 aliphatic heterocycles. The van der Waals surface area contributed by atoms with Gasteiger partial charge >= 0.3 is 6.09 Å². The lowest BCUT2D eigenvalue weighted by molar-refractivity contribution is -0.140. The molecule has 5 amide bonds. The molecule has 0 bridgehead atoms. The van der Waals surface area contributed by atoms with E-state index in [4.69, 9.17) is 4.74 Å². The average molecular weight is 624 g/mol. The molecule has 12 heteroatoms. The highest BCUT2D eigenvalue weighted by atomic mass is 16.6. The molecule has 2 saturated heterocycles. The van der Waals surface area contributed by atoms with E-state index in [1.54, 1.807) is 20.8 Å². The van der Waals surface area contributed by atoms with Crippen LogP contribution in [0.3, 0.4) is 0 Å². The highest BCUT2D eigenvalue weighted by Gasteiger charge is 2.49. The zero-order valence-electron chi connectivity index (χ0n) is 26.5. The minimum atomic E-state index is -1.61. The van der Waals surface area contributed by atoms with E-state index in [9.17, 15) is 29.1 Å². The predicted molar refractivity (Wildman–Crippen MR) is 165 cm³/mol. The fourth-order valence-electron chi connectivity index (χ4n) is 5.88. The van der Waals surface area contributed by atoms with Crippen molar-refractivity contribution in [2.24, 2.45) is 5.92 Å². The number of aliphatic hydroxyl groups excluding tert-OH is 1. The van der Waals surface area contributed by atoms with Crippen molar-refractivity contribution in [2.75, 3.05) is 13.1 Å². The van der Waals surface area contributed by atoms with Crippen LogP contribution >= 0.6 is 0 Å². The molecule has 12 nitrogen and oxygen atoms in total. The predicted octanol–water partition coefficient (Wildman–Crippen LogP) is 1.82. The van der Waals surface area contributed by atoms with Gasteiger partial charge in [0.25, 0.3) is 5.91 Å². The molecule has 1 unspecified atom stereocenters. The maximum absolute atomic E-state index is 13.9. The fourth-order valence-corrected chi connectivity index (χ4v) is 5.88. The van der Waals surface area contributed by atoms with E-state index in [-0.39, 0.29) is 19.0 Å². The fraction of sp³-hybridized carbons (Fsp3) is 0.576. The number of hydrogen-bond acceptors (Lipinski definition) is 7. The maximum Gasteiger partial charge on any atom is 0.408 e. The maximum atomic E-state index is 13.9. The van der Waals surface area contributed by atoms with Gasteiger partial charge in [-0.15, -0.1) is 5.73 Å². The Morgan fingerprint density at radius 1 is 1.07 bits per heavy atom. The summed E-state index contributed by atoms with van der Waals surface area (Å²) in [5.41, 5.74) is 4.92. The second-order valence-electron chi connectivity index (χ2n) is 12.9. The van der Waals surface area contributed by atoms with E-state index >= 15 is 0 Å². The van der Waals surface area contributed by atoms with Gasteiger partial charge in [0.2, 0.25) is 17.7 Å². The smallest absolute Gasteiger partial charge is 0.408 e. The van der Waals surface area contributed by atoms with Gasteiger partial charge in [-0.1, -0.05) is 56.0 Å². The Kier molecular flexibility index (Phi) is 11.1. The third-order valence-corrected chi connectivity index (χ3v) is 8.24. The summed E-state index contributed by atoms with van der Waals surface area (Å²) >= 11 is 0. The Morgan fingerprint density at radius 2 is 1.76 bits per heavy atom. The van der Waals surface area contributed by atoms with Gasteiger partial charge < -0.3 is 36.0 Å². The minimum Gasteiger partial charge on any atom is -0.444 e. The van der Waals surface area contributed by atoms with Crippen molar-refractivity contribution in [2.45, 2.75) is 103 Å². The molecule has 2 heterocycles. The second kappa shape index (κ2) is 14.8. The Bertz CT molecular complexity index is 1350. The van der Waals surface area contributed by atoms with Crippen LogP contribution in [0.2, 0.25) is 0 Å². The van der Waals surface area contributed by atoms with Crippen molar-refractivity contribution in [1.82, 2.24) is 26.2 Å². The van der Waals surface area contributed by atoms with Gasteiger partial charge in [0, 0.05) is 24.6 Å². The van der Waals surface area contributed by atoms with Gasteiger partial charge in [-0.3, -0.25) is 19.2 Å². The number of rotatable bonds is 7. The number of aliphatic hydroxyl groups is 1. The van der Waals surface area contributed by atoms with Crippen molar-refractivity contribution >= 4 is 29.7 Å². The first-order valence-electron chi connectivity index (χ1n) is 15.7. The molecule has 2 fully saturated rings. The number of hydrogen-bond donors (Lipinski definition) is 5. The van der Waals surface area contributed by atoms with E-state index in [1.807, 2.05) is 37.3 Å². The summed E-state index contributed by atoms with van der Waals surface area (Å²) in [5.74, 6) is -2.25. The molecule has 4 rings (SSSR count). The van der Waals surface area contributed by atoms with E-state index in [2.05, 4.69) is 27.0 Å². The normalized spacial score (nSPS) is 24.4. The first-order valence-corrected chi connectivity index (χ1v) is 15.7. The monoisotopic (exact) mass is 623 g/mol. The highest BCUT2D eigenvalue weighted by molar-refractivity contribution is 5.95. The number of nitrogens with one attached hydrogen (secondary N) is 4. The number of benzene rings is 1. The topological polar surface area (TPSA) is 166 Å². The Morgan fingerprint density at radius 3 is 2.42 bits per heavy atom. The summed E-state index contributed by atoms with van der Waals surface area (Å²) in [6.45, 7) is 7.34. The molecule has 1 aliphatic carbocycles. The molecular weight excluding hydrogens is 578 g/mol. The molecule has 1 aromatic rings. The number of alkyl carbamates (subject to hydrolysis) is 1.